The van der Waals surface area contributed by atoms with Gasteiger partial charge in [0.25, 0.3) is 0 Å². The highest BCUT2D eigenvalue weighted by Gasteiger charge is 2.33. The van der Waals surface area contributed by atoms with Gasteiger partial charge in [-0.15, -0.1) is 0 Å². The molecule has 1 aliphatic rings. The molecule has 1 saturated carbocycles. The van der Waals surface area contributed by atoms with Crippen LogP contribution in [0.5, 0.6) is 0 Å². The van der Waals surface area contributed by atoms with E-state index in [1.54, 1.807) is 0 Å². The van der Waals surface area contributed by atoms with Crippen molar-refractivity contribution in [3.63, 3.8) is 0 Å². The number of benzene rings is 1. The second-order valence-electron chi connectivity index (χ2n) is 5.48. The highest BCUT2D eigenvalue weighted by molar-refractivity contribution is 7.80. The van der Waals surface area contributed by atoms with Gasteiger partial charge in [-0.1, -0.05) is 37.3 Å². The molecule has 2 nitrogen and oxygen atoms in total. The van der Waals surface area contributed by atoms with E-state index in [0.717, 1.165) is 31.7 Å². The predicted octanol–water partition coefficient (Wildman–Crippen LogP) is 5.37. The molecule has 1 fully saturated rings. The Morgan fingerprint density at radius 3 is 2.36 bits per heavy atom. The van der Waals surface area contributed by atoms with E-state index in [0.29, 0.717) is 5.11 Å². The lowest BCUT2D eigenvalue weighted by molar-refractivity contribution is -0.137. The van der Waals surface area contributed by atoms with Crippen LogP contribution in [0, 0.1) is 0 Å². The largest absolute Gasteiger partial charge is 0.417 e. The summed E-state index contributed by atoms with van der Waals surface area (Å²) in [6.45, 7) is 0. The van der Waals surface area contributed by atoms with Crippen LogP contribution < -0.4 is 10.6 Å². The van der Waals surface area contributed by atoms with E-state index in [-0.39, 0.29) is 16.8 Å². The maximum absolute atomic E-state index is 12.8. The number of anilines is 1. The van der Waals surface area contributed by atoms with Gasteiger partial charge >= 0.3 is 6.18 Å². The number of alkyl halides is 3. The van der Waals surface area contributed by atoms with Crippen molar-refractivity contribution in [3.05, 3.63) is 28.8 Å². The Kier molecular flexibility index (Phi) is 5.92. The molecule has 1 aromatic carbocycles. The first-order valence-corrected chi connectivity index (χ1v) is 8.09. The van der Waals surface area contributed by atoms with Crippen molar-refractivity contribution in [1.29, 1.82) is 0 Å². The van der Waals surface area contributed by atoms with E-state index in [1.165, 1.54) is 25.0 Å². The van der Waals surface area contributed by atoms with Crippen LogP contribution in [-0.2, 0) is 6.18 Å². The number of hydrogen-bond donors (Lipinski definition) is 2. The zero-order chi connectivity index (χ0) is 16.2. The molecule has 1 aromatic rings. The standard InChI is InChI=1S/C15H18ClF3N2S/c16-13-8-7-11(9-12(13)15(17,18)19)21-14(22)20-10-5-3-1-2-4-6-10/h7-10H,1-6H2,(H2,20,21,22). The molecule has 1 aliphatic carbocycles. The number of halogens is 4. The van der Waals surface area contributed by atoms with E-state index in [1.807, 2.05) is 0 Å². The summed E-state index contributed by atoms with van der Waals surface area (Å²) in [6, 6.07) is 3.97. The lowest BCUT2D eigenvalue weighted by atomic mass is 10.1. The van der Waals surface area contributed by atoms with E-state index < -0.39 is 11.7 Å². The van der Waals surface area contributed by atoms with Crippen molar-refractivity contribution in [1.82, 2.24) is 5.32 Å². The molecule has 0 heterocycles. The summed E-state index contributed by atoms with van der Waals surface area (Å²) in [5.41, 5.74) is -0.584. The van der Waals surface area contributed by atoms with Gasteiger partial charge in [-0.05, 0) is 43.3 Å². The third-order valence-electron chi connectivity index (χ3n) is 3.72. The van der Waals surface area contributed by atoms with E-state index in [9.17, 15) is 13.2 Å². The maximum atomic E-state index is 12.8. The van der Waals surface area contributed by atoms with E-state index in [4.69, 9.17) is 23.8 Å². The van der Waals surface area contributed by atoms with Crippen molar-refractivity contribution in [2.45, 2.75) is 50.7 Å². The quantitative estimate of drug-likeness (QED) is 0.554. The van der Waals surface area contributed by atoms with Crippen LogP contribution in [0.15, 0.2) is 18.2 Å². The monoisotopic (exact) mass is 350 g/mol. The molecule has 2 rings (SSSR count). The third kappa shape index (κ3) is 5.02. The topological polar surface area (TPSA) is 24.1 Å². The van der Waals surface area contributed by atoms with Gasteiger partial charge in [-0.25, -0.2) is 0 Å². The number of rotatable bonds is 2. The zero-order valence-electron chi connectivity index (χ0n) is 12.0. The molecule has 0 atom stereocenters. The van der Waals surface area contributed by atoms with Crippen molar-refractivity contribution in [2.75, 3.05) is 5.32 Å². The zero-order valence-corrected chi connectivity index (χ0v) is 13.5. The number of thiocarbonyl (C=S) groups is 1. The molecular weight excluding hydrogens is 333 g/mol. The van der Waals surface area contributed by atoms with Crippen LogP contribution in [0.4, 0.5) is 18.9 Å². The van der Waals surface area contributed by atoms with Crippen molar-refractivity contribution in [3.8, 4) is 0 Å². The van der Waals surface area contributed by atoms with Gasteiger partial charge in [-0.3, -0.25) is 0 Å². The summed E-state index contributed by atoms with van der Waals surface area (Å²) in [5, 5.41) is 6.03. The molecule has 0 radical (unpaired) electrons. The lowest BCUT2D eigenvalue weighted by Gasteiger charge is -2.19. The van der Waals surface area contributed by atoms with Crippen LogP contribution in [0.1, 0.15) is 44.1 Å². The molecule has 0 aliphatic heterocycles. The average molecular weight is 351 g/mol. The summed E-state index contributed by atoms with van der Waals surface area (Å²) < 4.78 is 38.5. The van der Waals surface area contributed by atoms with Crippen molar-refractivity contribution in [2.24, 2.45) is 0 Å². The van der Waals surface area contributed by atoms with Gasteiger partial charge in [0.1, 0.15) is 0 Å². The first-order chi connectivity index (χ1) is 10.4. The summed E-state index contributed by atoms with van der Waals surface area (Å²) in [4.78, 5) is 0. The van der Waals surface area contributed by atoms with Crippen molar-refractivity contribution < 1.29 is 13.2 Å². The van der Waals surface area contributed by atoms with Gasteiger partial charge in [0.15, 0.2) is 5.11 Å². The predicted molar refractivity (Wildman–Crippen MR) is 87.3 cm³/mol. The van der Waals surface area contributed by atoms with Crippen LogP contribution in [0.3, 0.4) is 0 Å². The van der Waals surface area contributed by atoms with Crippen LogP contribution >= 0.6 is 23.8 Å². The van der Waals surface area contributed by atoms with Crippen LogP contribution in [-0.4, -0.2) is 11.2 Å². The van der Waals surface area contributed by atoms with Crippen LogP contribution in [0.2, 0.25) is 5.02 Å². The van der Waals surface area contributed by atoms with Crippen molar-refractivity contribution >= 4 is 34.6 Å². The van der Waals surface area contributed by atoms with Gasteiger partial charge < -0.3 is 10.6 Å². The Morgan fingerprint density at radius 1 is 1.14 bits per heavy atom. The van der Waals surface area contributed by atoms with Crippen LogP contribution in [0.25, 0.3) is 0 Å². The minimum atomic E-state index is -4.48. The van der Waals surface area contributed by atoms with Gasteiger partial charge in [0, 0.05) is 11.7 Å². The van der Waals surface area contributed by atoms with Gasteiger partial charge in [0.2, 0.25) is 0 Å². The third-order valence-corrected chi connectivity index (χ3v) is 4.27. The van der Waals surface area contributed by atoms with E-state index in [2.05, 4.69) is 10.6 Å². The Labute approximate surface area is 138 Å². The molecule has 0 bridgehead atoms. The fraction of sp³-hybridized carbons (Fsp3) is 0.533. The molecule has 0 amide bonds. The highest BCUT2D eigenvalue weighted by Crippen LogP contribution is 2.36. The minimum Gasteiger partial charge on any atom is -0.360 e. The maximum Gasteiger partial charge on any atom is 0.417 e. The molecule has 0 aromatic heterocycles. The first-order valence-electron chi connectivity index (χ1n) is 7.30. The molecule has 0 saturated heterocycles. The minimum absolute atomic E-state index is 0.280. The highest BCUT2D eigenvalue weighted by atomic mass is 35.5. The van der Waals surface area contributed by atoms with E-state index >= 15 is 0 Å². The molecule has 0 unspecified atom stereocenters. The number of hydrogen-bond acceptors (Lipinski definition) is 1. The van der Waals surface area contributed by atoms with Gasteiger partial charge in [0.05, 0.1) is 10.6 Å². The Bertz CT molecular complexity index is 526. The average Bonchev–Trinajstić information content (AvgIpc) is 2.68. The fourth-order valence-corrected chi connectivity index (χ4v) is 3.11. The fourth-order valence-electron chi connectivity index (χ4n) is 2.60. The first kappa shape index (κ1) is 17.3. The Balaban J connectivity index is 1.99. The number of nitrogens with one attached hydrogen (secondary N) is 2. The summed E-state index contributed by atoms with van der Waals surface area (Å²) in [6.07, 6.45) is 2.35. The normalized spacial score (nSPS) is 16.9. The Morgan fingerprint density at radius 2 is 1.77 bits per heavy atom. The molecule has 0 spiro atoms. The Hall–Kier alpha value is -1.01. The molecule has 2 N–H and O–H groups in total. The molecule has 7 heteroatoms. The SMILES string of the molecule is FC(F)(F)c1cc(NC(=S)NC2CCCCCC2)ccc1Cl. The molecular formula is C15H18ClF3N2S. The summed E-state index contributed by atoms with van der Waals surface area (Å²) in [5.74, 6) is 0. The lowest BCUT2D eigenvalue weighted by Crippen LogP contribution is -2.37. The second kappa shape index (κ2) is 7.51. The smallest absolute Gasteiger partial charge is 0.360 e. The molecule has 22 heavy (non-hydrogen) atoms. The summed E-state index contributed by atoms with van der Waals surface area (Å²) >= 11 is 10.8. The second-order valence-corrected chi connectivity index (χ2v) is 6.29. The molecule has 122 valence electrons. The van der Waals surface area contributed by atoms with Gasteiger partial charge in [-0.2, -0.15) is 13.2 Å². The summed E-state index contributed by atoms with van der Waals surface area (Å²) in [7, 11) is 0.